The van der Waals surface area contributed by atoms with Crippen molar-refractivity contribution in [2.45, 2.75) is 45.8 Å². The minimum Gasteiger partial charge on any atom is -0.478 e. The molecule has 0 heterocycles. The zero-order valence-corrected chi connectivity index (χ0v) is 17.1. The number of hydrogen-bond donors (Lipinski definition) is 3. The standard InChI is InChI=1S/C7H18O2Si2.2C4H6O2/c1-6-7(8)10(2)9-11(3,4)5;2*1-3(2)4(5)6/h6-8,10H,1H2,2-5H3;2*1H2,2H3,(H,5,6). The van der Waals surface area contributed by atoms with Gasteiger partial charge in [-0.15, -0.1) is 6.58 Å². The first-order valence-electron chi connectivity index (χ1n) is 6.91. The first-order valence-corrected chi connectivity index (χ1v) is 12.6. The molecule has 0 fully saturated rings. The molecule has 3 N–H and O–H groups in total. The van der Waals surface area contributed by atoms with Crippen molar-refractivity contribution in [2.75, 3.05) is 0 Å². The van der Waals surface area contributed by atoms with Crippen LogP contribution in [0, 0.1) is 0 Å². The van der Waals surface area contributed by atoms with Gasteiger partial charge < -0.3 is 19.4 Å². The zero-order chi connectivity index (χ0) is 19.4. The Hall–Kier alpha value is -1.49. The topological polar surface area (TPSA) is 104 Å². The molecule has 0 radical (unpaired) electrons. The van der Waals surface area contributed by atoms with Crippen LogP contribution in [-0.4, -0.2) is 50.3 Å². The first-order chi connectivity index (χ1) is 10.2. The number of carboxylic acids is 2. The van der Waals surface area contributed by atoms with E-state index in [9.17, 15) is 14.7 Å². The fourth-order valence-electron chi connectivity index (χ4n) is 0.819. The van der Waals surface area contributed by atoms with Crippen LogP contribution in [0.2, 0.25) is 26.2 Å². The Morgan fingerprint density at radius 1 is 1.09 bits per heavy atom. The van der Waals surface area contributed by atoms with Crippen molar-refractivity contribution in [3.8, 4) is 0 Å². The molecule has 0 aromatic carbocycles. The van der Waals surface area contributed by atoms with Gasteiger partial charge in [-0.2, -0.15) is 0 Å². The predicted molar refractivity (Wildman–Crippen MR) is 98.5 cm³/mol. The van der Waals surface area contributed by atoms with Crippen LogP contribution in [0.25, 0.3) is 0 Å². The van der Waals surface area contributed by atoms with Crippen LogP contribution in [0.1, 0.15) is 13.8 Å². The third-order valence-electron chi connectivity index (χ3n) is 1.99. The largest absolute Gasteiger partial charge is 0.478 e. The second-order valence-electron chi connectivity index (χ2n) is 5.83. The highest BCUT2D eigenvalue weighted by atomic mass is 28.4. The molecule has 0 aliphatic heterocycles. The van der Waals surface area contributed by atoms with Gasteiger partial charge in [0.2, 0.25) is 0 Å². The van der Waals surface area contributed by atoms with E-state index in [1.54, 1.807) is 6.08 Å². The number of rotatable bonds is 6. The van der Waals surface area contributed by atoms with Crippen molar-refractivity contribution in [2.24, 2.45) is 0 Å². The Labute approximate surface area is 141 Å². The Morgan fingerprint density at radius 3 is 1.48 bits per heavy atom. The second-order valence-corrected chi connectivity index (χ2v) is 13.1. The molecule has 2 unspecified atom stereocenters. The number of carbonyl (C=O) groups is 2. The van der Waals surface area contributed by atoms with Crippen molar-refractivity contribution < 1.29 is 29.0 Å². The first kappa shape index (κ1) is 26.4. The highest BCUT2D eigenvalue weighted by molar-refractivity contribution is 6.77. The monoisotopic (exact) mass is 362 g/mol. The number of aliphatic hydroxyl groups excluding tert-OH is 1. The van der Waals surface area contributed by atoms with E-state index >= 15 is 0 Å². The summed E-state index contributed by atoms with van der Waals surface area (Å²) < 4.78 is 5.75. The molecule has 23 heavy (non-hydrogen) atoms. The molecular weight excluding hydrogens is 332 g/mol. The SMILES string of the molecule is C=C(C)C(=O)O.C=C(C)C(=O)O.C=CC(O)[SiH](C)O[Si](C)(C)C. The summed E-state index contributed by atoms with van der Waals surface area (Å²) in [6.45, 7) is 21.1. The van der Waals surface area contributed by atoms with Gasteiger partial charge in [0.1, 0.15) is 0 Å². The average Bonchev–Trinajstić information content (AvgIpc) is 2.36. The quantitative estimate of drug-likeness (QED) is 0.381. The lowest BCUT2D eigenvalue weighted by Crippen LogP contribution is -2.39. The van der Waals surface area contributed by atoms with Crippen LogP contribution in [0.3, 0.4) is 0 Å². The molecule has 134 valence electrons. The zero-order valence-electron chi connectivity index (χ0n) is 14.9. The normalized spacial score (nSPS) is 12.3. The van der Waals surface area contributed by atoms with Crippen molar-refractivity contribution in [1.82, 2.24) is 0 Å². The minimum absolute atomic E-state index is 0.176. The molecular formula is C15H30O6Si2. The molecule has 0 spiro atoms. The minimum atomic E-state index is -1.45. The Bertz CT molecular complexity index is 378. The van der Waals surface area contributed by atoms with Crippen LogP contribution >= 0.6 is 0 Å². The smallest absolute Gasteiger partial charge is 0.330 e. The highest BCUT2D eigenvalue weighted by Gasteiger charge is 2.22. The molecule has 2 atom stereocenters. The molecule has 0 amide bonds. The van der Waals surface area contributed by atoms with Crippen molar-refractivity contribution in [1.29, 1.82) is 0 Å². The molecule has 0 bridgehead atoms. The molecule has 6 nitrogen and oxygen atoms in total. The van der Waals surface area contributed by atoms with E-state index in [0.29, 0.717) is 0 Å². The van der Waals surface area contributed by atoms with E-state index < -0.39 is 35.0 Å². The summed E-state index contributed by atoms with van der Waals surface area (Å²) in [7, 11) is -2.87. The third kappa shape index (κ3) is 22.9. The van der Waals surface area contributed by atoms with Gasteiger partial charge in [0, 0.05) is 11.1 Å². The molecule has 0 rings (SSSR count). The lowest BCUT2D eigenvalue weighted by molar-refractivity contribution is -0.133. The molecule has 8 heteroatoms. The molecule has 0 aromatic heterocycles. The summed E-state index contributed by atoms with van der Waals surface area (Å²) in [4.78, 5) is 19.2. The Kier molecular flexibility index (Phi) is 14.9. The maximum Gasteiger partial charge on any atom is 0.330 e. The Balaban J connectivity index is -0.000000284. The van der Waals surface area contributed by atoms with Gasteiger partial charge in [0.15, 0.2) is 17.4 Å². The highest BCUT2D eigenvalue weighted by Crippen LogP contribution is 2.07. The summed E-state index contributed by atoms with van der Waals surface area (Å²) in [6, 6.07) is 0. The molecule has 0 saturated carbocycles. The van der Waals surface area contributed by atoms with Crippen molar-refractivity contribution in [3.05, 3.63) is 37.0 Å². The van der Waals surface area contributed by atoms with E-state index in [1.807, 2.05) is 6.55 Å². The summed E-state index contributed by atoms with van der Waals surface area (Å²) in [5.74, 6) is -1.87. The maximum atomic E-state index is 9.60. The van der Waals surface area contributed by atoms with E-state index in [2.05, 4.69) is 39.4 Å². The van der Waals surface area contributed by atoms with Crippen LogP contribution in [0.4, 0.5) is 0 Å². The molecule has 0 aromatic rings. The lowest BCUT2D eigenvalue weighted by Gasteiger charge is -2.24. The summed E-state index contributed by atoms with van der Waals surface area (Å²) in [6.07, 6.45) is 1.57. The lowest BCUT2D eigenvalue weighted by atomic mass is 10.4. The maximum absolute atomic E-state index is 9.60. The van der Waals surface area contributed by atoms with Crippen molar-refractivity contribution >= 4 is 29.3 Å². The third-order valence-corrected chi connectivity index (χ3v) is 7.54. The number of hydrogen-bond acceptors (Lipinski definition) is 4. The van der Waals surface area contributed by atoms with E-state index in [1.165, 1.54) is 13.8 Å². The van der Waals surface area contributed by atoms with Crippen LogP contribution in [0.5, 0.6) is 0 Å². The van der Waals surface area contributed by atoms with Crippen LogP contribution < -0.4 is 0 Å². The fraction of sp³-hybridized carbons (Fsp3) is 0.467. The molecule has 0 saturated heterocycles. The van der Waals surface area contributed by atoms with Gasteiger partial charge in [0.05, 0.1) is 5.73 Å². The number of carboxylic acid groups (broad SMARTS) is 2. The molecule has 0 aliphatic carbocycles. The summed E-state index contributed by atoms with van der Waals surface area (Å²) in [5.41, 5.74) is -0.0493. The van der Waals surface area contributed by atoms with E-state index in [0.717, 1.165) is 0 Å². The van der Waals surface area contributed by atoms with Gasteiger partial charge in [-0.05, 0) is 40.0 Å². The van der Waals surface area contributed by atoms with Gasteiger partial charge in [-0.3, -0.25) is 0 Å². The van der Waals surface area contributed by atoms with Gasteiger partial charge in [-0.1, -0.05) is 19.2 Å². The summed E-state index contributed by atoms with van der Waals surface area (Å²) >= 11 is 0. The van der Waals surface area contributed by atoms with E-state index in [4.69, 9.17) is 14.3 Å². The average molecular weight is 363 g/mol. The van der Waals surface area contributed by atoms with Gasteiger partial charge >= 0.3 is 11.9 Å². The van der Waals surface area contributed by atoms with Crippen LogP contribution in [0.15, 0.2) is 37.0 Å². The van der Waals surface area contributed by atoms with Crippen LogP contribution in [-0.2, 0) is 13.7 Å². The fourth-order valence-corrected chi connectivity index (χ4v) is 6.22. The number of aliphatic hydroxyl groups is 1. The Morgan fingerprint density at radius 2 is 1.35 bits per heavy atom. The number of aliphatic carboxylic acids is 2. The predicted octanol–water partition coefficient (Wildman–Crippen LogP) is 2.57. The van der Waals surface area contributed by atoms with Gasteiger partial charge in [0.25, 0.3) is 0 Å². The van der Waals surface area contributed by atoms with Crippen molar-refractivity contribution in [3.63, 3.8) is 0 Å². The van der Waals surface area contributed by atoms with Gasteiger partial charge in [-0.25, -0.2) is 9.59 Å². The molecule has 0 aliphatic rings. The second kappa shape index (κ2) is 13.0. The summed E-state index contributed by atoms with van der Waals surface area (Å²) in [5, 5.41) is 25.1. The van der Waals surface area contributed by atoms with E-state index in [-0.39, 0.29) is 11.1 Å².